The van der Waals surface area contributed by atoms with Crippen LogP contribution in [0.15, 0.2) is 9.59 Å². The lowest BCUT2D eigenvalue weighted by Gasteiger charge is -2.17. The largest absolute Gasteiger partial charge is 0.383 e. The van der Waals surface area contributed by atoms with E-state index in [1.54, 1.807) is 0 Å². The summed E-state index contributed by atoms with van der Waals surface area (Å²) in [4.78, 5) is 26.1. The van der Waals surface area contributed by atoms with Gasteiger partial charge in [-0.25, -0.2) is 4.79 Å². The molecule has 118 valence electrons. The topological polar surface area (TPSA) is 102 Å². The van der Waals surface area contributed by atoms with Crippen LogP contribution in [0.5, 0.6) is 0 Å². The number of unbranched alkanes of at least 4 members (excludes halogenated alkanes) is 1. The number of H-pyrrole nitrogens is 1. The van der Waals surface area contributed by atoms with Crippen molar-refractivity contribution in [2.45, 2.75) is 45.8 Å². The van der Waals surface area contributed by atoms with Crippen LogP contribution < -0.4 is 22.3 Å². The van der Waals surface area contributed by atoms with E-state index < -0.39 is 11.2 Å². The summed E-state index contributed by atoms with van der Waals surface area (Å²) in [7, 11) is 0. The maximum absolute atomic E-state index is 11.9. The summed E-state index contributed by atoms with van der Waals surface area (Å²) in [5.74, 6) is 0.559. The highest BCUT2D eigenvalue weighted by Crippen LogP contribution is 2.21. The molecule has 1 aromatic rings. The fraction of sp³-hybridized carbons (Fsp3) is 0.714. The first-order chi connectivity index (χ1) is 10.0. The number of rotatable bonds is 6. The molecule has 21 heavy (non-hydrogen) atoms. The van der Waals surface area contributed by atoms with Crippen molar-refractivity contribution in [2.75, 3.05) is 24.2 Å². The summed E-state index contributed by atoms with van der Waals surface area (Å²) in [6.45, 7) is 5.92. The minimum absolute atomic E-state index is 0.170. The van der Waals surface area contributed by atoms with Gasteiger partial charge in [-0.05, 0) is 19.8 Å². The zero-order valence-corrected chi connectivity index (χ0v) is 12.6. The first-order valence-electron chi connectivity index (χ1n) is 7.52. The zero-order valence-electron chi connectivity index (χ0n) is 12.6. The van der Waals surface area contributed by atoms with Crippen LogP contribution in [0.1, 0.15) is 33.1 Å². The highest BCUT2D eigenvalue weighted by atomic mass is 16.5. The number of ether oxygens (including phenoxy) is 1. The van der Waals surface area contributed by atoms with Gasteiger partial charge in [0, 0.05) is 25.6 Å². The van der Waals surface area contributed by atoms with Gasteiger partial charge in [0.05, 0.1) is 6.10 Å². The van der Waals surface area contributed by atoms with Crippen LogP contribution in [0.3, 0.4) is 0 Å². The zero-order chi connectivity index (χ0) is 15.4. The maximum Gasteiger partial charge on any atom is 0.330 e. The van der Waals surface area contributed by atoms with Crippen molar-refractivity contribution in [3.05, 3.63) is 20.8 Å². The fourth-order valence-electron chi connectivity index (χ4n) is 2.57. The number of aromatic amines is 1. The standard InChI is InChI=1S/C14H24N4O3/c1-3-4-6-18-12(15)11(13(19)17-14(18)20)16-8-10-5-7-21-9(10)2/h9-10,16H,3-8,15H2,1-2H3,(H,17,19,20). The van der Waals surface area contributed by atoms with Gasteiger partial charge < -0.3 is 15.8 Å². The Morgan fingerprint density at radius 3 is 2.86 bits per heavy atom. The van der Waals surface area contributed by atoms with Crippen molar-refractivity contribution in [2.24, 2.45) is 5.92 Å². The summed E-state index contributed by atoms with van der Waals surface area (Å²) in [5, 5.41) is 3.09. The number of aromatic nitrogens is 2. The summed E-state index contributed by atoms with van der Waals surface area (Å²) in [6, 6.07) is 0. The third-order valence-electron chi connectivity index (χ3n) is 4.05. The Balaban J connectivity index is 2.18. The van der Waals surface area contributed by atoms with Crippen LogP contribution >= 0.6 is 0 Å². The number of anilines is 2. The lowest BCUT2D eigenvalue weighted by atomic mass is 10.0. The van der Waals surface area contributed by atoms with E-state index in [0.29, 0.717) is 19.0 Å². The number of hydrogen-bond donors (Lipinski definition) is 3. The van der Waals surface area contributed by atoms with Crippen LogP contribution in [-0.2, 0) is 11.3 Å². The molecule has 0 aliphatic carbocycles. The van der Waals surface area contributed by atoms with Crippen LogP contribution in [-0.4, -0.2) is 28.8 Å². The molecule has 1 saturated heterocycles. The van der Waals surface area contributed by atoms with Gasteiger partial charge in [0.15, 0.2) is 0 Å². The van der Waals surface area contributed by atoms with Crippen molar-refractivity contribution in [1.29, 1.82) is 0 Å². The second kappa shape index (κ2) is 6.80. The Morgan fingerprint density at radius 2 is 2.24 bits per heavy atom. The van der Waals surface area contributed by atoms with Crippen molar-refractivity contribution >= 4 is 11.5 Å². The predicted molar refractivity (Wildman–Crippen MR) is 82.7 cm³/mol. The summed E-state index contributed by atoms with van der Waals surface area (Å²) >= 11 is 0. The molecular formula is C14H24N4O3. The summed E-state index contributed by atoms with van der Waals surface area (Å²) in [6.07, 6.45) is 2.92. The average Bonchev–Trinajstić information content (AvgIpc) is 2.84. The second-order valence-electron chi connectivity index (χ2n) is 5.53. The maximum atomic E-state index is 11.9. The third-order valence-corrected chi connectivity index (χ3v) is 4.05. The van der Waals surface area contributed by atoms with Crippen molar-refractivity contribution < 1.29 is 4.74 Å². The van der Waals surface area contributed by atoms with Crippen molar-refractivity contribution in [3.63, 3.8) is 0 Å². The summed E-state index contributed by atoms with van der Waals surface area (Å²) in [5.41, 5.74) is 5.37. The van der Waals surface area contributed by atoms with E-state index in [-0.39, 0.29) is 17.6 Å². The lowest BCUT2D eigenvalue weighted by molar-refractivity contribution is 0.108. The number of nitrogens with zero attached hydrogens (tertiary/aromatic N) is 1. The molecule has 0 amide bonds. The molecule has 7 heteroatoms. The molecule has 1 aliphatic rings. The molecule has 1 aliphatic heterocycles. The molecule has 2 heterocycles. The molecular weight excluding hydrogens is 272 g/mol. The molecule has 2 rings (SSSR count). The Hall–Kier alpha value is -1.76. The minimum Gasteiger partial charge on any atom is -0.383 e. The minimum atomic E-state index is -0.461. The van der Waals surface area contributed by atoms with Crippen LogP contribution in [0, 0.1) is 5.92 Å². The highest BCUT2D eigenvalue weighted by molar-refractivity contribution is 5.60. The van der Waals surface area contributed by atoms with Gasteiger partial charge >= 0.3 is 5.69 Å². The SMILES string of the molecule is CCCCn1c(N)c(NCC2CCOC2C)c(=O)[nH]c1=O. The molecule has 2 atom stereocenters. The van der Waals surface area contributed by atoms with Crippen molar-refractivity contribution in [1.82, 2.24) is 9.55 Å². The van der Waals surface area contributed by atoms with Gasteiger partial charge in [0.25, 0.3) is 5.56 Å². The number of nitrogen functional groups attached to an aromatic ring is 1. The molecule has 4 N–H and O–H groups in total. The molecule has 1 fully saturated rings. The predicted octanol–water partition coefficient (Wildman–Crippen LogP) is 0.756. The van der Waals surface area contributed by atoms with Gasteiger partial charge in [-0.15, -0.1) is 0 Å². The van der Waals surface area contributed by atoms with Gasteiger partial charge in [-0.1, -0.05) is 13.3 Å². The van der Waals surface area contributed by atoms with E-state index in [2.05, 4.69) is 10.3 Å². The Kier molecular flexibility index (Phi) is 5.06. The smallest absolute Gasteiger partial charge is 0.330 e. The van der Waals surface area contributed by atoms with Gasteiger partial charge in [0.2, 0.25) is 0 Å². The first-order valence-corrected chi connectivity index (χ1v) is 7.52. The Morgan fingerprint density at radius 1 is 1.48 bits per heavy atom. The van der Waals surface area contributed by atoms with E-state index in [1.165, 1.54) is 4.57 Å². The van der Waals surface area contributed by atoms with Crippen LogP contribution in [0.25, 0.3) is 0 Å². The Labute approximate surface area is 123 Å². The molecule has 1 aromatic heterocycles. The van der Waals surface area contributed by atoms with E-state index in [1.807, 2.05) is 13.8 Å². The van der Waals surface area contributed by atoms with E-state index in [0.717, 1.165) is 25.9 Å². The molecule has 2 unspecified atom stereocenters. The van der Waals surface area contributed by atoms with Crippen LogP contribution in [0.2, 0.25) is 0 Å². The number of nitrogens with two attached hydrogens (primary N) is 1. The summed E-state index contributed by atoms with van der Waals surface area (Å²) < 4.78 is 6.92. The first kappa shape index (κ1) is 15.6. The fourth-order valence-corrected chi connectivity index (χ4v) is 2.57. The van der Waals surface area contributed by atoms with E-state index in [4.69, 9.17) is 10.5 Å². The normalized spacial score (nSPS) is 21.6. The molecule has 0 aromatic carbocycles. The second-order valence-corrected chi connectivity index (χ2v) is 5.53. The monoisotopic (exact) mass is 296 g/mol. The number of nitrogens with one attached hydrogen (secondary N) is 2. The van der Waals surface area contributed by atoms with Gasteiger partial charge in [-0.2, -0.15) is 0 Å². The van der Waals surface area contributed by atoms with Crippen LogP contribution in [0.4, 0.5) is 11.5 Å². The Bertz CT molecular complexity index is 593. The molecule has 0 saturated carbocycles. The highest BCUT2D eigenvalue weighted by Gasteiger charge is 2.24. The molecule has 0 radical (unpaired) electrons. The van der Waals surface area contributed by atoms with Gasteiger partial charge in [-0.3, -0.25) is 14.3 Å². The molecule has 0 bridgehead atoms. The van der Waals surface area contributed by atoms with E-state index in [9.17, 15) is 9.59 Å². The third kappa shape index (κ3) is 3.47. The lowest BCUT2D eigenvalue weighted by Crippen LogP contribution is -2.35. The van der Waals surface area contributed by atoms with E-state index >= 15 is 0 Å². The quantitative estimate of drug-likeness (QED) is 0.719. The molecule has 7 nitrogen and oxygen atoms in total. The molecule has 0 spiro atoms. The number of hydrogen-bond acceptors (Lipinski definition) is 5. The van der Waals surface area contributed by atoms with Gasteiger partial charge in [0.1, 0.15) is 11.5 Å². The van der Waals surface area contributed by atoms with Crippen molar-refractivity contribution in [3.8, 4) is 0 Å². The average molecular weight is 296 g/mol.